The van der Waals surface area contributed by atoms with Crippen LogP contribution in [0, 0.1) is 15.9 Å². The van der Waals surface area contributed by atoms with Gasteiger partial charge >= 0.3 is 5.69 Å². The first-order chi connectivity index (χ1) is 8.58. The minimum Gasteiger partial charge on any atom is -0.384 e. The number of benzene rings is 1. The maximum Gasteiger partial charge on any atom is 0.311 e. The molecular weight excluding hydrogens is 239 g/mol. The fourth-order valence-corrected chi connectivity index (χ4v) is 1.40. The molecule has 18 heavy (non-hydrogen) atoms. The van der Waals surface area contributed by atoms with Crippen molar-refractivity contribution in [1.82, 2.24) is 4.98 Å². The highest BCUT2D eigenvalue weighted by atomic mass is 19.1. The zero-order chi connectivity index (χ0) is 13.1. The van der Waals surface area contributed by atoms with E-state index in [4.69, 9.17) is 5.73 Å². The van der Waals surface area contributed by atoms with E-state index in [0.29, 0.717) is 0 Å². The van der Waals surface area contributed by atoms with Gasteiger partial charge in [-0.2, -0.15) is 0 Å². The van der Waals surface area contributed by atoms with Gasteiger partial charge < -0.3 is 11.1 Å². The minimum absolute atomic E-state index is 0.0925. The number of halogens is 1. The first-order valence-electron chi connectivity index (χ1n) is 5.00. The zero-order valence-electron chi connectivity index (χ0n) is 9.13. The number of nitro groups is 1. The lowest BCUT2D eigenvalue weighted by Gasteiger charge is -2.07. The summed E-state index contributed by atoms with van der Waals surface area (Å²) < 4.78 is 13.4. The standard InChI is InChI=1S/C11H9FN4O2/c12-7-3-1-2-4-8(7)14-11-9(16(17)18)5-6-10(13)15-11/h1-6H,(H3,13,14,15). The minimum atomic E-state index is -0.615. The molecule has 0 aliphatic heterocycles. The molecule has 1 aromatic heterocycles. The Kier molecular flexibility index (Phi) is 3.05. The third-order valence-electron chi connectivity index (χ3n) is 2.22. The lowest BCUT2D eigenvalue weighted by molar-refractivity contribution is -0.384. The normalized spacial score (nSPS) is 10.1. The Morgan fingerprint density at radius 1 is 1.28 bits per heavy atom. The lowest BCUT2D eigenvalue weighted by Crippen LogP contribution is -2.03. The number of aromatic nitrogens is 1. The Bertz CT molecular complexity index is 603. The van der Waals surface area contributed by atoms with E-state index >= 15 is 0 Å². The maximum absolute atomic E-state index is 13.4. The predicted molar refractivity (Wildman–Crippen MR) is 65.0 cm³/mol. The number of nitrogens with one attached hydrogen (secondary N) is 1. The predicted octanol–water partition coefficient (Wildman–Crippen LogP) is 2.45. The molecule has 2 aromatic rings. The fourth-order valence-electron chi connectivity index (χ4n) is 1.40. The number of para-hydroxylation sites is 1. The van der Waals surface area contributed by atoms with Crippen molar-refractivity contribution in [3.63, 3.8) is 0 Å². The van der Waals surface area contributed by atoms with Crippen LogP contribution in [0.1, 0.15) is 0 Å². The highest BCUT2D eigenvalue weighted by molar-refractivity contribution is 5.67. The summed E-state index contributed by atoms with van der Waals surface area (Å²) >= 11 is 0. The third-order valence-corrected chi connectivity index (χ3v) is 2.22. The van der Waals surface area contributed by atoms with Gasteiger partial charge in [0.2, 0.25) is 5.82 Å². The summed E-state index contributed by atoms with van der Waals surface area (Å²) in [6.07, 6.45) is 0. The van der Waals surface area contributed by atoms with Crippen molar-refractivity contribution in [2.24, 2.45) is 0 Å². The first kappa shape index (κ1) is 11.8. The van der Waals surface area contributed by atoms with E-state index in [-0.39, 0.29) is 23.0 Å². The zero-order valence-corrected chi connectivity index (χ0v) is 9.13. The van der Waals surface area contributed by atoms with Gasteiger partial charge in [0.05, 0.1) is 10.6 Å². The highest BCUT2D eigenvalue weighted by Gasteiger charge is 2.16. The van der Waals surface area contributed by atoms with Crippen LogP contribution in [0.3, 0.4) is 0 Å². The molecule has 0 amide bonds. The molecule has 0 saturated carbocycles. The molecular formula is C11H9FN4O2. The number of nitrogen functional groups attached to an aromatic ring is 1. The molecule has 1 aromatic carbocycles. The Morgan fingerprint density at radius 3 is 2.67 bits per heavy atom. The van der Waals surface area contributed by atoms with Gasteiger partial charge in [-0.1, -0.05) is 12.1 Å². The van der Waals surface area contributed by atoms with Crippen molar-refractivity contribution in [3.05, 3.63) is 52.3 Å². The van der Waals surface area contributed by atoms with Crippen LogP contribution in [-0.2, 0) is 0 Å². The van der Waals surface area contributed by atoms with Crippen molar-refractivity contribution in [2.45, 2.75) is 0 Å². The van der Waals surface area contributed by atoms with Gasteiger partial charge in [-0.3, -0.25) is 10.1 Å². The van der Waals surface area contributed by atoms with Crippen LogP contribution >= 0.6 is 0 Å². The Morgan fingerprint density at radius 2 is 2.00 bits per heavy atom. The third kappa shape index (κ3) is 2.34. The van der Waals surface area contributed by atoms with Crippen LogP contribution in [0.15, 0.2) is 36.4 Å². The topological polar surface area (TPSA) is 94.1 Å². The van der Waals surface area contributed by atoms with E-state index in [1.165, 1.54) is 30.3 Å². The molecule has 92 valence electrons. The van der Waals surface area contributed by atoms with E-state index < -0.39 is 10.7 Å². The first-order valence-corrected chi connectivity index (χ1v) is 5.00. The van der Waals surface area contributed by atoms with Crippen LogP contribution in [0.2, 0.25) is 0 Å². The second-order valence-electron chi connectivity index (χ2n) is 3.47. The van der Waals surface area contributed by atoms with E-state index in [9.17, 15) is 14.5 Å². The second-order valence-corrected chi connectivity index (χ2v) is 3.47. The summed E-state index contributed by atoms with van der Waals surface area (Å²) in [5.41, 5.74) is 5.28. The summed E-state index contributed by atoms with van der Waals surface area (Å²) in [5, 5.41) is 13.4. The summed E-state index contributed by atoms with van der Waals surface area (Å²) in [6, 6.07) is 8.33. The van der Waals surface area contributed by atoms with Gasteiger partial charge in [0.1, 0.15) is 11.6 Å². The summed E-state index contributed by atoms with van der Waals surface area (Å²) in [5.74, 6) is -0.513. The smallest absolute Gasteiger partial charge is 0.311 e. The van der Waals surface area contributed by atoms with Crippen LogP contribution in [0.4, 0.5) is 27.4 Å². The number of anilines is 3. The summed E-state index contributed by atoms with van der Waals surface area (Å²) in [6.45, 7) is 0. The molecule has 0 radical (unpaired) electrons. The van der Waals surface area contributed by atoms with Gasteiger partial charge in [0.15, 0.2) is 0 Å². The van der Waals surface area contributed by atoms with Gasteiger partial charge in [-0.25, -0.2) is 9.37 Å². The molecule has 6 nitrogen and oxygen atoms in total. The Balaban J connectivity index is 2.42. The van der Waals surface area contributed by atoms with Gasteiger partial charge in [-0.15, -0.1) is 0 Å². The molecule has 3 N–H and O–H groups in total. The number of hydrogen-bond donors (Lipinski definition) is 2. The molecule has 1 heterocycles. The van der Waals surface area contributed by atoms with Crippen molar-refractivity contribution in [3.8, 4) is 0 Å². The van der Waals surface area contributed by atoms with Crippen molar-refractivity contribution >= 4 is 23.0 Å². The van der Waals surface area contributed by atoms with Gasteiger partial charge in [0, 0.05) is 6.07 Å². The quantitative estimate of drug-likeness (QED) is 0.642. The lowest BCUT2D eigenvalue weighted by atomic mass is 10.3. The SMILES string of the molecule is Nc1ccc([N+](=O)[O-])c(Nc2ccccc2F)n1. The van der Waals surface area contributed by atoms with Crippen molar-refractivity contribution in [1.29, 1.82) is 0 Å². The summed E-state index contributed by atoms with van der Waals surface area (Å²) in [4.78, 5) is 14.0. The van der Waals surface area contributed by atoms with Gasteiger partial charge in [-0.05, 0) is 18.2 Å². The molecule has 0 atom stereocenters. The van der Waals surface area contributed by atoms with E-state index in [2.05, 4.69) is 10.3 Å². The molecule has 0 aliphatic rings. The van der Waals surface area contributed by atoms with E-state index in [1.54, 1.807) is 6.07 Å². The van der Waals surface area contributed by atoms with Crippen LogP contribution in [-0.4, -0.2) is 9.91 Å². The molecule has 7 heteroatoms. The number of nitrogens with two attached hydrogens (primary N) is 1. The Hall–Kier alpha value is -2.70. The van der Waals surface area contributed by atoms with Crippen LogP contribution < -0.4 is 11.1 Å². The van der Waals surface area contributed by atoms with Crippen molar-refractivity contribution in [2.75, 3.05) is 11.1 Å². The molecule has 0 saturated heterocycles. The molecule has 2 rings (SSSR count). The fraction of sp³-hybridized carbons (Fsp3) is 0. The molecule has 0 fully saturated rings. The van der Waals surface area contributed by atoms with Crippen molar-refractivity contribution < 1.29 is 9.31 Å². The average molecular weight is 248 g/mol. The monoisotopic (exact) mass is 248 g/mol. The number of hydrogen-bond acceptors (Lipinski definition) is 5. The largest absolute Gasteiger partial charge is 0.384 e. The van der Waals surface area contributed by atoms with Crippen LogP contribution in [0.25, 0.3) is 0 Å². The second kappa shape index (κ2) is 4.66. The van der Waals surface area contributed by atoms with E-state index in [0.717, 1.165) is 0 Å². The maximum atomic E-state index is 13.4. The number of nitrogens with zero attached hydrogens (tertiary/aromatic N) is 2. The number of rotatable bonds is 3. The highest BCUT2D eigenvalue weighted by Crippen LogP contribution is 2.27. The molecule has 0 aliphatic carbocycles. The molecule has 0 spiro atoms. The molecule has 0 bridgehead atoms. The molecule has 0 unspecified atom stereocenters. The average Bonchev–Trinajstić information content (AvgIpc) is 2.32. The summed E-state index contributed by atoms with van der Waals surface area (Å²) in [7, 11) is 0. The van der Waals surface area contributed by atoms with E-state index in [1.807, 2.05) is 0 Å². The Labute approximate surface area is 101 Å². The van der Waals surface area contributed by atoms with Crippen LogP contribution in [0.5, 0.6) is 0 Å². The number of pyridine rings is 1. The van der Waals surface area contributed by atoms with Gasteiger partial charge in [0.25, 0.3) is 0 Å².